The van der Waals surface area contributed by atoms with Crippen LogP contribution >= 0.6 is 0 Å². The smallest absolute Gasteiger partial charge is 0.407 e. The Morgan fingerprint density at radius 2 is 1.67 bits per heavy atom. The molecule has 0 saturated heterocycles. The highest BCUT2D eigenvalue weighted by molar-refractivity contribution is 7.89. The number of aliphatic hydroxyl groups excluding tert-OH is 1. The first-order valence-electron chi connectivity index (χ1n) is 13.7. The quantitative estimate of drug-likeness (QED) is 0.131. The van der Waals surface area contributed by atoms with Gasteiger partial charge in [0, 0.05) is 31.6 Å². The van der Waals surface area contributed by atoms with Crippen LogP contribution in [0.25, 0.3) is 0 Å². The van der Waals surface area contributed by atoms with Gasteiger partial charge in [0.15, 0.2) is 0 Å². The average molecular weight is 608 g/mol. The molecular formula is C29H41N3O9S. The fourth-order valence-corrected chi connectivity index (χ4v) is 5.64. The van der Waals surface area contributed by atoms with Gasteiger partial charge >= 0.3 is 12.1 Å². The molecule has 0 spiro atoms. The normalized spacial score (nSPS) is 13.4. The van der Waals surface area contributed by atoms with Gasteiger partial charge in [-0.2, -0.15) is 4.31 Å². The lowest BCUT2D eigenvalue weighted by Crippen LogP contribution is -2.51. The van der Waals surface area contributed by atoms with E-state index in [1.54, 1.807) is 32.9 Å². The first-order chi connectivity index (χ1) is 19.6. The van der Waals surface area contributed by atoms with Gasteiger partial charge in [-0.25, -0.2) is 13.2 Å². The number of rotatable bonds is 15. The molecule has 0 fully saturated rings. The number of nitrogens with one attached hydrogen (secondary N) is 1. The van der Waals surface area contributed by atoms with Crippen molar-refractivity contribution in [3.63, 3.8) is 0 Å². The lowest BCUT2D eigenvalue weighted by molar-refractivity contribution is -0.384. The number of hydrogen-bond donors (Lipinski definition) is 2. The van der Waals surface area contributed by atoms with E-state index in [4.69, 9.17) is 9.47 Å². The van der Waals surface area contributed by atoms with Gasteiger partial charge in [0.05, 0.1) is 28.6 Å². The van der Waals surface area contributed by atoms with E-state index in [1.807, 2.05) is 32.0 Å². The fraction of sp³-hybridized carbons (Fsp3) is 0.517. The number of nitro benzene ring substituents is 1. The van der Waals surface area contributed by atoms with E-state index in [9.17, 15) is 33.2 Å². The predicted molar refractivity (Wildman–Crippen MR) is 156 cm³/mol. The zero-order valence-corrected chi connectivity index (χ0v) is 25.5. The van der Waals surface area contributed by atoms with Crippen LogP contribution in [0.15, 0.2) is 59.5 Å². The monoisotopic (exact) mass is 607 g/mol. The molecule has 0 unspecified atom stereocenters. The van der Waals surface area contributed by atoms with Crippen molar-refractivity contribution < 1.29 is 37.5 Å². The lowest BCUT2D eigenvalue weighted by atomic mass is 10.0. The number of nitrogens with zero attached hydrogens (tertiary/aromatic N) is 2. The molecule has 0 heterocycles. The Morgan fingerprint density at radius 3 is 2.21 bits per heavy atom. The molecule has 12 nitrogen and oxygen atoms in total. The number of benzene rings is 2. The minimum Gasteiger partial charge on any atom is -0.460 e. The molecule has 2 aromatic rings. The van der Waals surface area contributed by atoms with Crippen LogP contribution in [-0.2, 0) is 30.7 Å². The summed E-state index contributed by atoms with van der Waals surface area (Å²) in [5.74, 6) is -0.524. The van der Waals surface area contributed by atoms with E-state index in [-0.39, 0.29) is 55.5 Å². The van der Waals surface area contributed by atoms with Crippen molar-refractivity contribution in [3.05, 3.63) is 70.3 Å². The summed E-state index contributed by atoms with van der Waals surface area (Å²) >= 11 is 0. The second-order valence-corrected chi connectivity index (χ2v) is 13.2. The molecule has 2 rings (SSSR count). The number of alkyl carbamates (subject to hydrolysis) is 1. The fourth-order valence-electron chi connectivity index (χ4n) is 4.02. The average Bonchev–Trinajstić information content (AvgIpc) is 2.89. The molecule has 232 valence electrons. The largest absolute Gasteiger partial charge is 0.460 e. The van der Waals surface area contributed by atoms with Crippen molar-refractivity contribution >= 4 is 27.8 Å². The van der Waals surface area contributed by atoms with Crippen LogP contribution in [0.5, 0.6) is 0 Å². The molecule has 13 heteroatoms. The third-order valence-electron chi connectivity index (χ3n) is 5.89. The van der Waals surface area contributed by atoms with Crippen molar-refractivity contribution in [1.29, 1.82) is 0 Å². The Morgan fingerprint density at radius 1 is 1.05 bits per heavy atom. The first-order valence-corrected chi connectivity index (χ1v) is 15.1. The lowest BCUT2D eigenvalue weighted by Gasteiger charge is -2.30. The molecule has 0 aromatic heterocycles. The number of esters is 1. The van der Waals surface area contributed by atoms with Gasteiger partial charge < -0.3 is 19.9 Å². The van der Waals surface area contributed by atoms with Gasteiger partial charge in [-0.1, -0.05) is 44.2 Å². The molecular weight excluding hydrogens is 566 g/mol. The second kappa shape index (κ2) is 15.6. The third kappa shape index (κ3) is 11.7. The van der Waals surface area contributed by atoms with Gasteiger partial charge in [0.1, 0.15) is 5.60 Å². The highest BCUT2D eigenvalue weighted by atomic mass is 32.2. The summed E-state index contributed by atoms with van der Waals surface area (Å²) in [7, 11) is -4.14. The molecule has 2 N–H and O–H groups in total. The third-order valence-corrected chi connectivity index (χ3v) is 7.74. The first kappa shape index (κ1) is 34.7. The van der Waals surface area contributed by atoms with Gasteiger partial charge in [-0.05, 0) is 57.2 Å². The predicted octanol–water partition coefficient (Wildman–Crippen LogP) is 4.06. The van der Waals surface area contributed by atoms with Gasteiger partial charge in [-0.3, -0.25) is 14.9 Å². The van der Waals surface area contributed by atoms with Crippen LogP contribution in [0.3, 0.4) is 0 Å². The van der Waals surface area contributed by atoms with Crippen molar-refractivity contribution in [3.8, 4) is 0 Å². The summed E-state index contributed by atoms with van der Waals surface area (Å²) in [5, 5.41) is 24.9. The molecule has 2 aromatic carbocycles. The number of non-ortho nitro benzene ring substituents is 1. The molecule has 2 atom stereocenters. The number of carbonyl (C=O) groups is 2. The Labute approximate surface area is 247 Å². The molecule has 0 aliphatic heterocycles. The van der Waals surface area contributed by atoms with Gasteiger partial charge in [0.25, 0.3) is 5.69 Å². The number of hydrogen-bond acceptors (Lipinski definition) is 9. The summed E-state index contributed by atoms with van der Waals surface area (Å²) in [5.41, 5.74) is -0.0764. The van der Waals surface area contributed by atoms with Crippen LogP contribution in [0, 0.1) is 16.0 Å². The zero-order valence-electron chi connectivity index (χ0n) is 24.7. The number of ether oxygens (including phenoxy) is 2. The van der Waals surface area contributed by atoms with Crippen molar-refractivity contribution in [2.75, 3.05) is 19.7 Å². The van der Waals surface area contributed by atoms with Crippen molar-refractivity contribution in [2.24, 2.45) is 5.92 Å². The van der Waals surface area contributed by atoms with E-state index in [1.165, 1.54) is 0 Å². The molecule has 0 bridgehead atoms. The van der Waals surface area contributed by atoms with Crippen LogP contribution < -0.4 is 5.32 Å². The van der Waals surface area contributed by atoms with E-state index in [0.29, 0.717) is 0 Å². The number of sulfonamides is 1. The van der Waals surface area contributed by atoms with Crippen molar-refractivity contribution in [2.45, 2.75) is 76.5 Å². The maximum Gasteiger partial charge on any atom is 0.407 e. The Hall–Kier alpha value is -3.55. The minimum atomic E-state index is -4.14. The highest BCUT2D eigenvalue weighted by Gasteiger charge is 2.32. The number of nitro groups is 1. The Kier molecular flexibility index (Phi) is 12.9. The molecule has 42 heavy (non-hydrogen) atoms. The summed E-state index contributed by atoms with van der Waals surface area (Å²) < 4.78 is 38.6. The van der Waals surface area contributed by atoms with Crippen LogP contribution in [-0.4, -0.2) is 72.3 Å². The molecule has 0 aliphatic carbocycles. The summed E-state index contributed by atoms with van der Waals surface area (Å²) in [6.07, 6.45) is -1.68. The summed E-state index contributed by atoms with van der Waals surface area (Å²) in [6.45, 7) is 8.55. The number of carbonyl (C=O) groups excluding carboxylic acids is 2. The topological polar surface area (TPSA) is 165 Å². The van der Waals surface area contributed by atoms with E-state index in [2.05, 4.69) is 5.32 Å². The maximum atomic E-state index is 13.5. The number of amides is 1. The molecule has 1 amide bonds. The van der Waals surface area contributed by atoms with Crippen LogP contribution in [0.2, 0.25) is 0 Å². The Balaban J connectivity index is 2.16. The molecule has 0 aliphatic rings. The second-order valence-electron chi connectivity index (χ2n) is 11.3. The minimum absolute atomic E-state index is 0.0591. The molecule has 0 saturated carbocycles. The van der Waals surface area contributed by atoms with Crippen LogP contribution in [0.4, 0.5) is 10.5 Å². The van der Waals surface area contributed by atoms with Crippen molar-refractivity contribution in [1.82, 2.24) is 9.62 Å². The van der Waals surface area contributed by atoms with Crippen LogP contribution in [0.1, 0.15) is 53.0 Å². The van der Waals surface area contributed by atoms with E-state index in [0.717, 1.165) is 34.1 Å². The summed E-state index contributed by atoms with van der Waals surface area (Å²) in [4.78, 5) is 34.8. The van der Waals surface area contributed by atoms with E-state index >= 15 is 0 Å². The number of aliphatic hydroxyl groups is 1. The Bertz CT molecular complexity index is 1280. The standard InChI is InChI=1S/C29H41N3O9S/c1-21(2)19-31(42(38,39)24-15-13-23(14-16-24)32(36)37)20-26(33)25(18-22-10-7-6-8-11-22)30-28(35)40-17-9-12-27(34)41-29(3,4)5/h6-8,10-11,13-16,21,25-26,33H,9,12,17-20H2,1-5H3,(H,30,35)/t25-,26+/m0/s1. The van der Waals surface area contributed by atoms with Gasteiger partial charge in [0.2, 0.25) is 10.0 Å². The SMILES string of the molecule is CC(C)CN(C[C@@H](O)[C@H](Cc1ccccc1)NC(=O)OCCCC(=O)OC(C)(C)C)S(=O)(=O)c1ccc([N+](=O)[O-])cc1. The molecule has 0 radical (unpaired) electrons. The zero-order chi connectivity index (χ0) is 31.5. The van der Waals surface area contributed by atoms with E-state index < -0.39 is 44.8 Å². The summed E-state index contributed by atoms with van der Waals surface area (Å²) in [6, 6.07) is 12.7. The maximum absolute atomic E-state index is 13.5. The van der Waals surface area contributed by atoms with Gasteiger partial charge in [-0.15, -0.1) is 0 Å². The highest BCUT2D eigenvalue weighted by Crippen LogP contribution is 2.22.